The average Bonchev–Trinajstić information content (AvgIpc) is 2.71. The highest BCUT2D eigenvalue weighted by molar-refractivity contribution is 7.13. The number of carbonyl (C=O) groups is 1. The third kappa shape index (κ3) is 2.87. The quantitative estimate of drug-likeness (QED) is 0.927. The van der Waals surface area contributed by atoms with E-state index in [1.807, 2.05) is 24.3 Å². The van der Waals surface area contributed by atoms with Crippen molar-refractivity contribution in [1.82, 2.24) is 10.2 Å². The van der Waals surface area contributed by atoms with Crippen molar-refractivity contribution in [2.75, 3.05) is 26.7 Å². The molecule has 2 rings (SSSR count). The lowest BCUT2D eigenvalue weighted by Gasteiger charge is -2.31. The van der Waals surface area contributed by atoms with Crippen molar-refractivity contribution in [3.8, 4) is 0 Å². The maximum atomic E-state index is 12.3. The van der Waals surface area contributed by atoms with Crippen molar-refractivity contribution in [3.05, 3.63) is 20.8 Å². The van der Waals surface area contributed by atoms with Crippen molar-refractivity contribution in [2.45, 2.75) is 19.8 Å². The van der Waals surface area contributed by atoms with Gasteiger partial charge in [0.1, 0.15) is 4.88 Å². The summed E-state index contributed by atoms with van der Waals surface area (Å²) in [5.41, 5.74) is 0.995. The second-order valence-electron chi connectivity index (χ2n) is 4.86. The molecule has 18 heavy (non-hydrogen) atoms. The molecule has 5 heteroatoms. The molecule has 1 aliphatic rings. The molecule has 1 aromatic rings. The Morgan fingerprint density at radius 1 is 1.56 bits per heavy atom. The van der Waals surface area contributed by atoms with Crippen LogP contribution in [0.25, 0.3) is 0 Å². The zero-order valence-corrected chi connectivity index (χ0v) is 12.4. The van der Waals surface area contributed by atoms with E-state index >= 15 is 0 Å². The number of halogens is 1. The highest BCUT2D eigenvalue weighted by Gasteiger charge is 2.25. The normalized spacial score (nSPS) is 17.2. The van der Waals surface area contributed by atoms with E-state index in [9.17, 15) is 4.79 Å². The van der Waals surface area contributed by atoms with E-state index < -0.39 is 0 Å². The minimum absolute atomic E-state index is 0.0982. The summed E-state index contributed by atoms with van der Waals surface area (Å²) in [4.78, 5) is 15.0. The molecule has 100 valence electrons. The Labute approximate surface area is 117 Å². The van der Waals surface area contributed by atoms with Crippen LogP contribution >= 0.6 is 22.9 Å². The summed E-state index contributed by atoms with van der Waals surface area (Å²) in [6, 6.07) is 0. The molecule has 0 unspecified atom stereocenters. The molecule has 0 radical (unpaired) electrons. The van der Waals surface area contributed by atoms with Crippen LogP contribution in [-0.2, 0) is 0 Å². The maximum Gasteiger partial charge on any atom is 0.265 e. The van der Waals surface area contributed by atoms with Crippen LogP contribution in [0.3, 0.4) is 0 Å². The van der Waals surface area contributed by atoms with Crippen LogP contribution in [0.15, 0.2) is 5.38 Å². The number of hydrogen-bond donors (Lipinski definition) is 1. The number of likely N-dealkylation sites (tertiary alicyclic amines) is 1. The molecule has 0 spiro atoms. The first-order valence-corrected chi connectivity index (χ1v) is 7.56. The minimum atomic E-state index is 0.0982. The van der Waals surface area contributed by atoms with Crippen molar-refractivity contribution in [2.24, 2.45) is 5.92 Å². The zero-order chi connectivity index (χ0) is 13.1. The molecular weight excluding hydrogens is 268 g/mol. The fourth-order valence-corrected chi connectivity index (χ4v) is 3.59. The van der Waals surface area contributed by atoms with Gasteiger partial charge in [0.05, 0.1) is 5.02 Å². The number of nitrogens with one attached hydrogen (secondary N) is 1. The van der Waals surface area contributed by atoms with Gasteiger partial charge in [-0.2, -0.15) is 0 Å². The van der Waals surface area contributed by atoms with Crippen molar-refractivity contribution >= 4 is 28.8 Å². The average molecular weight is 287 g/mol. The summed E-state index contributed by atoms with van der Waals surface area (Å²) in [6.45, 7) is 4.67. The summed E-state index contributed by atoms with van der Waals surface area (Å²) < 4.78 is 0. The van der Waals surface area contributed by atoms with E-state index in [-0.39, 0.29) is 5.91 Å². The van der Waals surface area contributed by atoms with Gasteiger partial charge in [-0.15, -0.1) is 11.3 Å². The highest BCUT2D eigenvalue weighted by atomic mass is 35.5. The summed E-state index contributed by atoms with van der Waals surface area (Å²) >= 11 is 7.61. The van der Waals surface area contributed by atoms with Crippen molar-refractivity contribution < 1.29 is 4.79 Å². The van der Waals surface area contributed by atoms with E-state index in [0.717, 1.165) is 38.0 Å². The Kier molecular flexibility index (Phi) is 4.65. The van der Waals surface area contributed by atoms with Crippen molar-refractivity contribution in [3.63, 3.8) is 0 Å². The predicted molar refractivity (Wildman–Crippen MR) is 76.6 cm³/mol. The van der Waals surface area contributed by atoms with Gasteiger partial charge in [0.2, 0.25) is 0 Å². The topological polar surface area (TPSA) is 32.3 Å². The van der Waals surface area contributed by atoms with Crippen molar-refractivity contribution in [1.29, 1.82) is 0 Å². The van der Waals surface area contributed by atoms with E-state index in [2.05, 4.69) is 5.32 Å². The molecule has 3 nitrogen and oxygen atoms in total. The number of carbonyl (C=O) groups excluding carboxylic acids is 1. The van der Waals surface area contributed by atoms with Gasteiger partial charge < -0.3 is 10.2 Å². The summed E-state index contributed by atoms with van der Waals surface area (Å²) in [5.74, 6) is 0.792. The molecule has 1 aliphatic heterocycles. The summed E-state index contributed by atoms with van der Waals surface area (Å²) in [5, 5.41) is 5.78. The van der Waals surface area contributed by atoms with Crippen LogP contribution < -0.4 is 5.32 Å². The highest BCUT2D eigenvalue weighted by Crippen LogP contribution is 2.29. The fraction of sp³-hybridized carbons (Fsp3) is 0.615. The number of amides is 1. The molecule has 1 N–H and O–H groups in total. The minimum Gasteiger partial charge on any atom is -0.338 e. The lowest BCUT2D eigenvalue weighted by molar-refractivity contribution is 0.0696. The largest absolute Gasteiger partial charge is 0.338 e. The molecule has 2 heterocycles. The Morgan fingerprint density at radius 3 is 2.72 bits per heavy atom. The molecule has 1 saturated heterocycles. The lowest BCUT2D eigenvalue weighted by Crippen LogP contribution is -2.40. The van der Waals surface area contributed by atoms with Crippen LogP contribution in [0.5, 0.6) is 0 Å². The van der Waals surface area contributed by atoms with Crippen LogP contribution in [0, 0.1) is 12.8 Å². The lowest BCUT2D eigenvalue weighted by atomic mass is 9.97. The van der Waals surface area contributed by atoms with E-state index in [1.165, 1.54) is 11.3 Å². The van der Waals surface area contributed by atoms with Crippen LogP contribution in [0.4, 0.5) is 0 Å². The van der Waals surface area contributed by atoms with Gasteiger partial charge in [-0.25, -0.2) is 0 Å². The fourth-order valence-electron chi connectivity index (χ4n) is 2.35. The molecule has 0 saturated carbocycles. The van der Waals surface area contributed by atoms with E-state index in [0.29, 0.717) is 15.8 Å². The van der Waals surface area contributed by atoms with Gasteiger partial charge in [-0.05, 0) is 50.2 Å². The third-order valence-corrected chi connectivity index (χ3v) is 5.17. The predicted octanol–water partition coefficient (Wildman–Crippen LogP) is 2.78. The standard InChI is InChI=1S/C13H19ClN2OS/c1-9-8-18-12(11(9)14)13(17)16-5-3-10(4-6-16)7-15-2/h8,10,15H,3-7H2,1-2H3. The second-order valence-corrected chi connectivity index (χ2v) is 6.11. The molecule has 0 atom stereocenters. The van der Waals surface area contributed by atoms with Gasteiger partial charge in [0.25, 0.3) is 5.91 Å². The summed E-state index contributed by atoms with van der Waals surface area (Å²) in [7, 11) is 1.98. The van der Waals surface area contributed by atoms with Gasteiger partial charge in [-0.1, -0.05) is 11.6 Å². The first-order chi connectivity index (χ1) is 8.63. The van der Waals surface area contributed by atoms with Crippen LogP contribution in [0.1, 0.15) is 28.1 Å². The number of nitrogens with zero attached hydrogens (tertiary/aromatic N) is 1. The Hall–Kier alpha value is -0.580. The SMILES string of the molecule is CNCC1CCN(C(=O)c2scc(C)c2Cl)CC1. The van der Waals surface area contributed by atoms with Crippen LogP contribution in [-0.4, -0.2) is 37.5 Å². The molecule has 0 aliphatic carbocycles. The molecule has 0 bridgehead atoms. The zero-order valence-electron chi connectivity index (χ0n) is 10.8. The van der Waals surface area contributed by atoms with E-state index in [4.69, 9.17) is 11.6 Å². The molecule has 1 fully saturated rings. The maximum absolute atomic E-state index is 12.3. The number of hydrogen-bond acceptors (Lipinski definition) is 3. The number of piperidine rings is 1. The molecule has 0 aromatic carbocycles. The Bertz CT molecular complexity index is 425. The van der Waals surface area contributed by atoms with Gasteiger partial charge in [0, 0.05) is 13.1 Å². The van der Waals surface area contributed by atoms with Crippen LogP contribution in [0.2, 0.25) is 5.02 Å². The van der Waals surface area contributed by atoms with E-state index in [1.54, 1.807) is 0 Å². The number of aryl methyl sites for hydroxylation is 1. The smallest absolute Gasteiger partial charge is 0.265 e. The van der Waals surface area contributed by atoms with Gasteiger partial charge in [-0.3, -0.25) is 4.79 Å². The third-order valence-electron chi connectivity index (χ3n) is 3.49. The molecular formula is C13H19ClN2OS. The van der Waals surface area contributed by atoms with Gasteiger partial charge in [0.15, 0.2) is 0 Å². The Morgan fingerprint density at radius 2 is 2.22 bits per heavy atom. The first-order valence-electron chi connectivity index (χ1n) is 6.31. The molecule has 1 aromatic heterocycles. The second kappa shape index (κ2) is 6.04. The van der Waals surface area contributed by atoms with Gasteiger partial charge >= 0.3 is 0 Å². The number of thiophene rings is 1. The number of rotatable bonds is 3. The Balaban J connectivity index is 1.97. The first kappa shape index (κ1) is 13.8. The monoisotopic (exact) mass is 286 g/mol. The molecule has 1 amide bonds. The summed E-state index contributed by atoms with van der Waals surface area (Å²) in [6.07, 6.45) is 2.16.